The zero-order valence-electron chi connectivity index (χ0n) is 13.5. The van der Waals surface area contributed by atoms with Gasteiger partial charge in [-0.3, -0.25) is 9.69 Å². The fraction of sp³-hybridized carbons (Fsp3) is 0.688. The number of amides is 1. The Balaban J connectivity index is 1.77. The molecule has 1 aromatic heterocycles. The number of hydrogen-bond donors (Lipinski definition) is 1. The third-order valence-electron chi connectivity index (χ3n) is 3.86. The van der Waals surface area contributed by atoms with Gasteiger partial charge < -0.3 is 14.7 Å². The molecule has 124 valence electrons. The van der Waals surface area contributed by atoms with E-state index in [2.05, 4.69) is 11.8 Å². The molecule has 0 radical (unpaired) electrons. The molecule has 6 heteroatoms. The normalized spacial score (nSPS) is 17.7. The van der Waals surface area contributed by atoms with E-state index in [4.69, 9.17) is 4.74 Å². The molecule has 5 nitrogen and oxygen atoms in total. The lowest BCUT2D eigenvalue weighted by Gasteiger charge is -2.35. The summed E-state index contributed by atoms with van der Waals surface area (Å²) in [6.07, 6.45) is 0.523. The quantitative estimate of drug-likeness (QED) is 0.824. The summed E-state index contributed by atoms with van der Waals surface area (Å²) in [6, 6.07) is 3.97. The molecule has 1 aromatic rings. The molecule has 2 heterocycles. The Morgan fingerprint density at radius 1 is 1.32 bits per heavy atom. The van der Waals surface area contributed by atoms with Crippen LogP contribution in [0.2, 0.25) is 0 Å². The van der Waals surface area contributed by atoms with Crippen molar-refractivity contribution in [1.82, 2.24) is 9.80 Å². The summed E-state index contributed by atoms with van der Waals surface area (Å²) in [5.74, 6) is 0.138. The van der Waals surface area contributed by atoms with Crippen molar-refractivity contribution in [2.24, 2.45) is 0 Å². The average molecular weight is 326 g/mol. The number of thiophene rings is 1. The number of aryl methyl sites for hydroxylation is 1. The second kappa shape index (κ2) is 8.62. The summed E-state index contributed by atoms with van der Waals surface area (Å²) in [6.45, 7) is 8.70. The van der Waals surface area contributed by atoms with Crippen LogP contribution in [0.15, 0.2) is 12.1 Å². The Morgan fingerprint density at radius 2 is 2.05 bits per heavy atom. The number of ether oxygens (including phenoxy) is 1. The number of hydrogen-bond acceptors (Lipinski definition) is 5. The molecule has 2 rings (SSSR count). The first-order valence-electron chi connectivity index (χ1n) is 8.00. The van der Waals surface area contributed by atoms with Gasteiger partial charge >= 0.3 is 0 Å². The maximum atomic E-state index is 12.4. The molecule has 1 aliphatic heterocycles. The molecule has 1 N–H and O–H groups in total. The molecular weight excluding hydrogens is 300 g/mol. The number of aliphatic hydroxyl groups excluding tert-OH is 1. The van der Waals surface area contributed by atoms with E-state index in [1.807, 2.05) is 24.0 Å². The number of carbonyl (C=O) groups excluding carboxylic acids is 1. The van der Waals surface area contributed by atoms with E-state index in [0.717, 1.165) is 37.5 Å². The Kier molecular flexibility index (Phi) is 6.82. The molecule has 0 bridgehead atoms. The van der Waals surface area contributed by atoms with Crippen molar-refractivity contribution in [2.75, 3.05) is 45.9 Å². The molecule has 0 saturated carbocycles. The van der Waals surface area contributed by atoms with Crippen LogP contribution in [0.4, 0.5) is 0 Å². The monoisotopic (exact) mass is 326 g/mol. The van der Waals surface area contributed by atoms with Crippen molar-refractivity contribution in [3.63, 3.8) is 0 Å². The molecule has 1 aliphatic rings. The summed E-state index contributed by atoms with van der Waals surface area (Å²) in [4.78, 5) is 18.6. The van der Waals surface area contributed by atoms with Gasteiger partial charge in [0, 0.05) is 44.2 Å². The highest BCUT2D eigenvalue weighted by atomic mass is 32.1. The van der Waals surface area contributed by atoms with E-state index in [1.54, 1.807) is 11.3 Å². The van der Waals surface area contributed by atoms with Gasteiger partial charge in [-0.1, -0.05) is 6.92 Å². The number of β-amino-alcohol motifs (C(OH)–C–C–N with tert-alkyl or cyclic N) is 1. The van der Waals surface area contributed by atoms with Gasteiger partial charge in [0.25, 0.3) is 5.91 Å². The van der Waals surface area contributed by atoms with Crippen molar-refractivity contribution in [1.29, 1.82) is 0 Å². The minimum absolute atomic E-state index is 0.138. The number of nitrogens with zero attached hydrogens (tertiary/aromatic N) is 2. The largest absolute Gasteiger partial charge is 0.389 e. The third-order valence-corrected chi connectivity index (χ3v) is 5.08. The topological polar surface area (TPSA) is 53.0 Å². The predicted molar refractivity (Wildman–Crippen MR) is 88.5 cm³/mol. The first-order chi connectivity index (χ1) is 10.6. The van der Waals surface area contributed by atoms with Gasteiger partial charge in [-0.15, -0.1) is 11.3 Å². The molecule has 0 aliphatic carbocycles. The molecule has 1 unspecified atom stereocenters. The van der Waals surface area contributed by atoms with Crippen LogP contribution < -0.4 is 0 Å². The first-order valence-corrected chi connectivity index (χ1v) is 8.81. The minimum atomic E-state index is -0.452. The first kappa shape index (κ1) is 17.4. The second-order valence-corrected chi connectivity index (χ2v) is 6.69. The molecule has 22 heavy (non-hydrogen) atoms. The summed E-state index contributed by atoms with van der Waals surface area (Å²) in [7, 11) is 0. The lowest BCUT2D eigenvalue weighted by atomic mass is 10.2. The van der Waals surface area contributed by atoms with E-state index < -0.39 is 6.10 Å². The van der Waals surface area contributed by atoms with Crippen molar-refractivity contribution in [3.05, 3.63) is 21.9 Å². The average Bonchev–Trinajstić information content (AvgIpc) is 3.02. The summed E-state index contributed by atoms with van der Waals surface area (Å²) >= 11 is 1.59. The molecule has 0 spiro atoms. The summed E-state index contributed by atoms with van der Waals surface area (Å²) in [5.41, 5.74) is 0. The lowest BCUT2D eigenvalue weighted by molar-refractivity contribution is 0.0112. The SMILES string of the molecule is CCOCC(O)CN1CCN(C(=O)c2ccc(CC)s2)CC1. The van der Waals surface area contributed by atoms with E-state index >= 15 is 0 Å². The van der Waals surface area contributed by atoms with Crippen LogP contribution in [-0.2, 0) is 11.2 Å². The second-order valence-electron chi connectivity index (χ2n) is 5.53. The number of aliphatic hydroxyl groups is 1. The van der Waals surface area contributed by atoms with Crippen molar-refractivity contribution < 1.29 is 14.6 Å². The van der Waals surface area contributed by atoms with Crippen LogP contribution in [0.25, 0.3) is 0 Å². The molecule has 1 amide bonds. The highest BCUT2D eigenvalue weighted by Crippen LogP contribution is 2.19. The van der Waals surface area contributed by atoms with Gasteiger partial charge in [0.2, 0.25) is 0 Å². The van der Waals surface area contributed by atoms with Crippen LogP contribution in [0, 0.1) is 0 Å². The van der Waals surface area contributed by atoms with Crippen LogP contribution >= 0.6 is 11.3 Å². The van der Waals surface area contributed by atoms with Crippen LogP contribution in [0.1, 0.15) is 28.4 Å². The maximum Gasteiger partial charge on any atom is 0.264 e. The summed E-state index contributed by atoms with van der Waals surface area (Å²) < 4.78 is 5.23. The van der Waals surface area contributed by atoms with Gasteiger partial charge in [0.15, 0.2) is 0 Å². The Morgan fingerprint density at radius 3 is 2.64 bits per heavy atom. The Labute approximate surface area is 136 Å². The van der Waals surface area contributed by atoms with Gasteiger partial charge in [0.1, 0.15) is 0 Å². The minimum Gasteiger partial charge on any atom is -0.389 e. The lowest BCUT2D eigenvalue weighted by Crippen LogP contribution is -2.50. The predicted octanol–water partition coefficient (Wildman–Crippen LogP) is 1.47. The molecule has 1 atom stereocenters. The molecular formula is C16H26N2O3S. The van der Waals surface area contributed by atoms with Gasteiger partial charge in [0.05, 0.1) is 17.6 Å². The fourth-order valence-electron chi connectivity index (χ4n) is 2.58. The Hall–Kier alpha value is -0.950. The standard InChI is InChI=1S/C16H26N2O3S/c1-3-14-5-6-15(22-14)16(20)18-9-7-17(8-10-18)11-13(19)12-21-4-2/h5-6,13,19H,3-4,7-12H2,1-2H3. The van der Waals surface area contributed by atoms with Crippen LogP contribution in [-0.4, -0.2) is 72.9 Å². The number of carbonyl (C=O) groups is 1. The molecule has 1 saturated heterocycles. The third kappa shape index (κ3) is 4.78. The highest BCUT2D eigenvalue weighted by molar-refractivity contribution is 7.14. The fourth-order valence-corrected chi connectivity index (χ4v) is 3.49. The van der Waals surface area contributed by atoms with E-state index in [1.165, 1.54) is 4.88 Å². The van der Waals surface area contributed by atoms with Gasteiger partial charge in [-0.25, -0.2) is 0 Å². The number of piperazine rings is 1. The van der Waals surface area contributed by atoms with Crippen LogP contribution in [0.3, 0.4) is 0 Å². The van der Waals surface area contributed by atoms with E-state index in [0.29, 0.717) is 19.8 Å². The molecule has 1 fully saturated rings. The van der Waals surface area contributed by atoms with Crippen molar-refractivity contribution in [2.45, 2.75) is 26.4 Å². The highest BCUT2D eigenvalue weighted by Gasteiger charge is 2.24. The van der Waals surface area contributed by atoms with E-state index in [-0.39, 0.29) is 5.91 Å². The van der Waals surface area contributed by atoms with Gasteiger partial charge in [-0.2, -0.15) is 0 Å². The maximum absolute atomic E-state index is 12.4. The molecule has 0 aromatic carbocycles. The van der Waals surface area contributed by atoms with Gasteiger partial charge in [-0.05, 0) is 25.5 Å². The number of rotatable bonds is 7. The zero-order valence-corrected chi connectivity index (χ0v) is 14.3. The van der Waals surface area contributed by atoms with Crippen molar-refractivity contribution in [3.8, 4) is 0 Å². The Bertz CT molecular complexity index is 470. The van der Waals surface area contributed by atoms with Crippen LogP contribution in [0.5, 0.6) is 0 Å². The smallest absolute Gasteiger partial charge is 0.264 e. The van der Waals surface area contributed by atoms with E-state index in [9.17, 15) is 9.90 Å². The summed E-state index contributed by atoms with van der Waals surface area (Å²) in [5, 5.41) is 9.87. The van der Waals surface area contributed by atoms with Crippen molar-refractivity contribution >= 4 is 17.2 Å². The zero-order chi connectivity index (χ0) is 15.9.